The van der Waals surface area contributed by atoms with Crippen molar-refractivity contribution in [2.24, 2.45) is 0 Å². The molecule has 100 valence electrons. The van der Waals surface area contributed by atoms with Crippen molar-refractivity contribution in [3.8, 4) is 0 Å². The topological polar surface area (TPSA) is 70.7 Å². The number of carbonyl (C=O) groups is 1. The molecule has 0 unspecified atom stereocenters. The van der Waals surface area contributed by atoms with Crippen molar-refractivity contribution in [3.05, 3.63) is 53.7 Å². The van der Waals surface area contributed by atoms with Crippen LogP contribution in [0.4, 0.5) is 14.6 Å². The molecule has 0 bridgehead atoms. The van der Waals surface area contributed by atoms with E-state index in [0.29, 0.717) is 22.9 Å². The number of hydrogen-bond acceptors (Lipinski definition) is 3. The van der Waals surface area contributed by atoms with E-state index in [0.717, 1.165) is 12.1 Å². The van der Waals surface area contributed by atoms with Crippen molar-refractivity contribution in [3.63, 3.8) is 0 Å². The van der Waals surface area contributed by atoms with Gasteiger partial charge in [0.25, 0.3) is 5.91 Å². The number of rotatable bonds is 2. The lowest BCUT2D eigenvalue weighted by atomic mass is 10.2. The Kier molecular flexibility index (Phi) is 2.86. The first-order valence-electron chi connectivity index (χ1n) is 5.70. The van der Waals surface area contributed by atoms with Gasteiger partial charge in [-0.2, -0.15) is 5.10 Å². The number of halogens is 2. The van der Waals surface area contributed by atoms with Crippen LogP contribution in [0.5, 0.6) is 0 Å². The number of anilines is 1. The molecule has 7 heteroatoms. The highest BCUT2D eigenvalue weighted by atomic mass is 19.1. The summed E-state index contributed by atoms with van der Waals surface area (Å²) < 4.78 is 26.3. The Morgan fingerprint density at radius 2 is 2.10 bits per heavy atom. The Labute approximate surface area is 111 Å². The van der Waals surface area contributed by atoms with Gasteiger partial charge in [0, 0.05) is 12.3 Å². The van der Waals surface area contributed by atoms with Crippen molar-refractivity contribution in [2.45, 2.75) is 0 Å². The van der Waals surface area contributed by atoms with Crippen LogP contribution in [0.3, 0.4) is 0 Å². The van der Waals surface area contributed by atoms with Crippen LogP contribution >= 0.6 is 0 Å². The highest BCUT2D eigenvalue weighted by Crippen LogP contribution is 2.19. The molecule has 1 aromatic carbocycles. The van der Waals surface area contributed by atoms with Crippen molar-refractivity contribution >= 4 is 22.8 Å². The van der Waals surface area contributed by atoms with Crippen LogP contribution in [-0.2, 0) is 0 Å². The summed E-state index contributed by atoms with van der Waals surface area (Å²) in [6.07, 6.45) is 1.56. The minimum absolute atomic E-state index is 0.252. The molecule has 0 fully saturated rings. The van der Waals surface area contributed by atoms with Gasteiger partial charge >= 0.3 is 0 Å². The highest BCUT2D eigenvalue weighted by Gasteiger charge is 2.15. The lowest BCUT2D eigenvalue weighted by Gasteiger charge is -2.04. The number of nitrogens with one attached hydrogen (secondary N) is 2. The highest BCUT2D eigenvalue weighted by molar-refractivity contribution is 6.07. The second-order valence-electron chi connectivity index (χ2n) is 4.05. The molecule has 0 saturated carbocycles. The minimum Gasteiger partial charge on any atom is -0.306 e. The number of pyridine rings is 1. The maximum atomic E-state index is 13.5. The quantitative estimate of drug-likeness (QED) is 0.754. The summed E-state index contributed by atoms with van der Waals surface area (Å²) >= 11 is 0. The Bertz CT molecular complexity index is 800. The minimum atomic E-state index is -0.926. The predicted molar refractivity (Wildman–Crippen MR) is 68.2 cm³/mol. The SMILES string of the molecule is O=C(Nc1[nH]nc2ncccc12)c1ccc(F)cc1F. The Morgan fingerprint density at radius 3 is 2.90 bits per heavy atom. The second-order valence-corrected chi connectivity index (χ2v) is 4.05. The number of aromatic amines is 1. The summed E-state index contributed by atoms with van der Waals surface area (Å²) in [5, 5.41) is 9.58. The lowest BCUT2D eigenvalue weighted by Crippen LogP contribution is -2.14. The third-order valence-corrected chi connectivity index (χ3v) is 2.74. The van der Waals surface area contributed by atoms with E-state index in [1.807, 2.05) is 0 Å². The average Bonchev–Trinajstić information content (AvgIpc) is 2.82. The van der Waals surface area contributed by atoms with Crippen molar-refractivity contribution in [1.82, 2.24) is 15.2 Å². The molecule has 0 radical (unpaired) electrons. The monoisotopic (exact) mass is 274 g/mol. The maximum absolute atomic E-state index is 13.5. The molecule has 0 spiro atoms. The van der Waals surface area contributed by atoms with Gasteiger partial charge in [0.05, 0.1) is 10.9 Å². The molecule has 0 aliphatic carbocycles. The first-order chi connectivity index (χ1) is 9.65. The molecule has 3 aromatic rings. The van der Waals surface area contributed by atoms with Crippen molar-refractivity contribution in [1.29, 1.82) is 0 Å². The van der Waals surface area contributed by atoms with E-state index in [1.165, 1.54) is 0 Å². The fraction of sp³-hybridized carbons (Fsp3) is 0. The number of hydrogen-bond donors (Lipinski definition) is 2. The second kappa shape index (κ2) is 4.69. The molecule has 5 nitrogen and oxygen atoms in total. The third kappa shape index (κ3) is 2.09. The van der Waals surface area contributed by atoms with E-state index >= 15 is 0 Å². The van der Waals surface area contributed by atoms with Gasteiger partial charge in [0.15, 0.2) is 5.65 Å². The van der Waals surface area contributed by atoms with Crippen LogP contribution in [0.2, 0.25) is 0 Å². The van der Waals surface area contributed by atoms with Gasteiger partial charge in [-0.15, -0.1) is 0 Å². The average molecular weight is 274 g/mol. The number of H-pyrrole nitrogens is 1. The lowest BCUT2D eigenvalue weighted by molar-refractivity contribution is 0.102. The van der Waals surface area contributed by atoms with Gasteiger partial charge < -0.3 is 5.32 Å². The largest absolute Gasteiger partial charge is 0.306 e. The fourth-order valence-corrected chi connectivity index (χ4v) is 1.80. The maximum Gasteiger partial charge on any atom is 0.259 e. The van der Waals surface area contributed by atoms with Gasteiger partial charge in [-0.05, 0) is 24.3 Å². The Balaban J connectivity index is 1.92. The molecular formula is C13H8F2N4O. The first-order valence-corrected chi connectivity index (χ1v) is 5.70. The molecule has 2 N–H and O–H groups in total. The zero-order valence-corrected chi connectivity index (χ0v) is 10.0. The normalized spacial score (nSPS) is 10.7. The number of amides is 1. The number of carbonyl (C=O) groups excluding carboxylic acids is 1. The Hall–Kier alpha value is -2.83. The molecule has 3 rings (SSSR count). The molecule has 0 atom stereocenters. The van der Waals surface area contributed by atoms with Crippen LogP contribution in [0.1, 0.15) is 10.4 Å². The number of aromatic nitrogens is 3. The van der Waals surface area contributed by atoms with Crippen molar-refractivity contribution < 1.29 is 13.6 Å². The van der Waals surface area contributed by atoms with Gasteiger partial charge in [-0.3, -0.25) is 9.89 Å². The summed E-state index contributed by atoms with van der Waals surface area (Å²) in [4.78, 5) is 15.9. The summed E-state index contributed by atoms with van der Waals surface area (Å²) in [5.41, 5.74) is 0.181. The van der Waals surface area contributed by atoms with Gasteiger partial charge in [0.1, 0.15) is 17.5 Å². The van der Waals surface area contributed by atoms with Crippen LogP contribution < -0.4 is 5.32 Å². The molecular weight excluding hydrogens is 266 g/mol. The molecule has 0 aliphatic rings. The number of fused-ring (bicyclic) bond motifs is 1. The van der Waals surface area contributed by atoms with Gasteiger partial charge in [-0.25, -0.2) is 13.8 Å². The van der Waals surface area contributed by atoms with Crippen LogP contribution in [0.15, 0.2) is 36.5 Å². The zero-order chi connectivity index (χ0) is 14.1. The van der Waals surface area contributed by atoms with Crippen LogP contribution in [-0.4, -0.2) is 21.1 Å². The standard InChI is InChI=1S/C13H8F2N4O/c14-7-3-4-8(10(15)6-7)13(20)17-12-9-2-1-5-16-11(9)18-19-12/h1-6H,(H2,16,17,18,19,20). The smallest absolute Gasteiger partial charge is 0.259 e. The zero-order valence-electron chi connectivity index (χ0n) is 10.0. The molecule has 20 heavy (non-hydrogen) atoms. The van der Waals surface area contributed by atoms with E-state index in [-0.39, 0.29) is 5.56 Å². The summed E-state index contributed by atoms with van der Waals surface area (Å²) in [5.74, 6) is -2.06. The summed E-state index contributed by atoms with van der Waals surface area (Å²) in [6, 6.07) is 6.15. The summed E-state index contributed by atoms with van der Waals surface area (Å²) in [7, 11) is 0. The molecule has 2 aromatic heterocycles. The van der Waals surface area contributed by atoms with E-state index in [2.05, 4.69) is 20.5 Å². The van der Waals surface area contributed by atoms with E-state index in [4.69, 9.17) is 0 Å². The van der Waals surface area contributed by atoms with Crippen LogP contribution in [0, 0.1) is 11.6 Å². The van der Waals surface area contributed by atoms with Crippen LogP contribution in [0.25, 0.3) is 11.0 Å². The van der Waals surface area contributed by atoms with E-state index in [9.17, 15) is 13.6 Å². The Morgan fingerprint density at radius 1 is 1.25 bits per heavy atom. The molecule has 1 amide bonds. The number of nitrogens with zero attached hydrogens (tertiary/aromatic N) is 2. The summed E-state index contributed by atoms with van der Waals surface area (Å²) in [6.45, 7) is 0. The van der Waals surface area contributed by atoms with Gasteiger partial charge in [0.2, 0.25) is 0 Å². The van der Waals surface area contributed by atoms with E-state index in [1.54, 1.807) is 18.3 Å². The van der Waals surface area contributed by atoms with Gasteiger partial charge in [-0.1, -0.05) is 0 Å². The fourth-order valence-electron chi connectivity index (χ4n) is 1.80. The molecule has 0 aliphatic heterocycles. The van der Waals surface area contributed by atoms with E-state index < -0.39 is 17.5 Å². The number of benzene rings is 1. The first kappa shape index (κ1) is 12.2. The third-order valence-electron chi connectivity index (χ3n) is 2.74. The molecule has 0 saturated heterocycles. The predicted octanol–water partition coefficient (Wildman–Crippen LogP) is 2.49. The molecule has 2 heterocycles. The van der Waals surface area contributed by atoms with Crippen molar-refractivity contribution in [2.75, 3.05) is 5.32 Å².